The number of carboxylic acid groups (broad SMARTS) is 1. The van der Waals surface area contributed by atoms with E-state index in [0.717, 1.165) is 12.0 Å². The molecule has 2 atom stereocenters. The quantitative estimate of drug-likeness (QED) is 0.919. The van der Waals surface area contributed by atoms with Crippen LogP contribution in [0.4, 0.5) is 4.79 Å². The van der Waals surface area contributed by atoms with Crippen molar-refractivity contribution in [2.45, 2.75) is 38.5 Å². The highest BCUT2D eigenvalue weighted by Crippen LogP contribution is 2.23. The SMILES string of the molecule is CCN1C[C@@H](OC(=O)N2CCc3ccccc3C2)C[C@@H]1C(=O)O. The molecular weight excluding hydrogens is 296 g/mol. The van der Waals surface area contributed by atoms with Crippen molar-refractivity contribution in [3.05, 3.63) is 35.4 Å². The Kier molecular flexibility index (Phi) is 4.52. The fourth-order valence-corrected chi connectivity index (χ4v) is 3.42. The van der Waals surface area contributed by atoms with E-state index in [4.69, 9.17) is 4.74 Å². The van der Waals surface area contributed by atoms with Crippen LogP contribution in [-0.4, -0.2) is 58.7 Å². The molecule has 1 aromatic rings. The Bertz CT molecular complexity index is 604. The van der Waals surface area contributed by atoms with Crippen LogP contribution >= 0.6 is 0 Å². The fraction of sp³-hybridized carbons (Fsp3) is 0.529. The van der Waals surface area contributed by atoms with Gasteiger partial charge in [0.15, 0.2) is 0 Å². The van der Waals surface area contributed by atoms with E-state index < -0.39 is 12.0 Å². The van der Waals surface area contributed by atoms with Crippen LogP contribution in [-0.2, 0) is 22.5 Å². The number of carbonyl (C=O) groups excluding carboxylic acids is 1. The van der Waals surface area contributed by atoms with Crippen molar-refractivity contribution >= 4 is 12.1 Å². The molecule has 1 fully saturated rings. The number of carboxylic acids is 1. The van der Waals surface area contributed by atoms with Gasteiger partial charge in [-0.05, 0) is 24.1 Å². The van der Waals surface area contributed by atoms with Gasteiger partial charge in [0.25, 0.3) is 0 Å². The van der Waals surface area contributed by atoms with Gasteiger partial charge in [0.05, 0.1) is 0 Å². The minimum Gasteiger partial charge on any atom is -0.480 e. The lowest BCUT2D eigenvalue weighted by Crippen LogP contribution is -2.38. The molecule has 0 unspecified atom stereocenters. The molecule has 2 aliphatic heterocycles. The molecule has 0 aliphatic carbocycles. The molecule has 0 spiro atoms. The summed E-state index contributed by atoms with van der Waals surface area (Å²) in [5.74, 6) is -0.850. The van der Waals surface area contributed by atoms with E-state index in [1.807, 2.05) is 30.0 Å². The second-order valence-electron chi connectivity index (χ2n) is 6.12. The van der Waals surface area contributed by atoms with Gasteiger partial charge in [-0.3, -0.25) is 9.69 Å². The normalized spacial score (nSPS) is 24.3. The maximum atomic E-state index is 12.4. The van der Waals surface area contributed by atoms with E-state index in [1.54, 1.807) is 4.90 Å². The van der Waals surface area contributed by atoms with Crippen LogP contribution < -0.4 is 0 Å². The predicted octanol–water partition coefficient (Wildman–Crippen LogP) is 1.73. The van der Waals surface area contributed by atoms with Crippen molar-refractivity contribution in [3.63, 3.8) is 0 Å². The third-order valence-corrected chi connectivity index (χ3v) is 4.71. The lowest BCUT2D eigenvalue weighted by molar-refractivity contribution is -0.142. The Morgan fingerprint density at radius 1 is 1.30 bits per heavy atom. The van der Waals surface area contributed by atoms with E-state index >= 15 is 0 Å². The van der Waals surface area contributed by atoms with E-state index in [2.05, 4.69) is 6.07 Å². The Labute approximate surface area is 135 Å². The van der Waals surface area contributed by atoms with Crippen molar-refractivity contribution in [3.8, 4) is 0 Å². The molecule has 1 amide bonds. The van der Waals surface area contributed by atoms with Gasteiger partial charge in [-0.1, -0.05) is 31.2 Å². The van der Waals surface area contributed by atoms with Crippen LogP contribution in [0, 0.1) is 0 Å². The third-order valence-electron chi connectivity index (χ3n) is 4.71. The Morgan fingerprint density at radius 2 is 2.04 bits per heavy atom. The van der Waals surface area contributed by atoms with Gasteiger partial charge in [0.1, 0.15) is 12.1 Å². The van der Waals surface area contributed by atoms with Crippen LogP contribution in [0.15, 0.2) is 24.3 Å². The first kappa shape index (κ1) is 15.8. The molecule has 23 heavy (non-hydrogen) atoms. The van der Waals surface area contributed by atoms with E-state index in [-0.39, 0.29) is 12.2 Å². The lowest BCUT2D eigenvalue weighted by atomic mass is 10.0. The number of ether oxygens (including phenoxy) is 1. The monoisotopic (exact) mass is 318 g/mol. The highest BCUT2D eigenvalue weighted by Gasteiger charge is 2.38. The summed E-state index contributed by atoms with van der Waals surface area (Å²) in [5, 5.41) is 9.23. The molecule has 2 aliphatic rings. The maximum absolute atomic E-state index is 12.4. The van der Waals surface area contributed by atoms with Crippen LogP contribution in [0.3, 0.4) is 0 Å². The zero-order valence-corrected chi connectivity index (χ0v) is 13.3. The third kappa shape index (κ3) is 3.32. The number of likely N-dealkylation sites (tertiary alicyclic amines) is 1. The Morgan fingerprint density at radius 3 is 2.70 bits per heavy atom. The molecule has 6 nitrogen and oxygen atoms in total. The lowest BCUT2D eigenvalue weighted by Gasteiger charge is -2.29. The molecular formula is C17H22N2O4. The summed E-state index contributed by atoms with van der Waals surface area (Å²) in [6.45, 7) is 4.25. The number of hydrogen-bond donors (Lipinski definition) is 1. The number of benzene rings is 1. The number of nitrogens with zero attached hydrogens (tertiary/aromatic N) is 2. The van der Waals surface area contributed by atoms with E-state index in [0.29, 0.717) is 32.6 Å². The largest absolute Gasteiger partial charge is 0.480 e. The van der Waals surface area contributed by atoms with Gasteiger partial charge < -0.3 is 14.7 Å². The molecule has 0 radical (unpaired) electrons. The van der Waals surface area contributed by atoms with Gasteiger partial charge in [-0.15, -0.1) is 0 Å². The minimum absolute atomic E-state index is 0.341. The second-order valence-corrected chi connectivity index (χ2v) is 6.12. The molecule has 124 valence electrons. The molecule has 2 heterocycles. The first-order valence-corrected chi connectivity index (χ1v) is 8.07. The van der Waals surface area contributed by atoms with Crippen LogP contribution in [0.2, 0.25) is 0 Å². The molecule has 0 bridgehead atoms. The average molecular weight is 318 g/mol. The van der Waals surface area contributed by atoms with Crippen molar-refractivity contribution < 1.29 is 19.4 Å². The van der Waals surface area contributed by atoms with Gasteiger partial charge in [0.2, 0.25) is 0 Å². The van der Waals surface area contributed by atoms with E-state index in [1.165, 1.54) is 5.56 Å². The average Bonchev–Trinajstić information content (AvgIpc) is 2.97. The molecule has 0 aromatic heterocycles. The fourth-order valence-electron chi connectivity index (χ4n) is 3.42. The van der Waals surface area contributed by atoms with E-state index in [9.17, 15) is 14.7 Å². The summed E-state index contributed by atoms with van der Waals surface area (Å²) in [7, 11) is 0. The van der Waals surface area contributed by atoms with Gasteiger partial charge in [0, 0.05) is 26.1 Å². The van der Waals surface area contributed by atoms with Gasteiger partial charge in [-0.25, -0.2) is 4.79 Å². The van der Waals surface area contributed by atoms with Gasteiger partial charge >= 0.3 is 12.1 Å². The molecule has 0 saturated carbocycles. The molecule has 1 N–H and O–H groups in total. The summed E-state index contributed by atoms with van der Waals surface area (Å²) in [5.41, 5.74) is 2.43. The Hall–Kier alpha value is -2.08. The molecule has 1 saturated heterocycles. The summed E-state index contributed by atoms with van der Waals surface area (Å²) in [4.78, 5) is 27.2. The first-order valence-electron chi connectivity index (χ1n) is 8.07. The highest BCUT2D eigenvalue weighted by atomic mass is 16.6. The van der Waals surface area contributed by atoms with Crippen molar-refractivity contribution in [2.24, 2.45) is 0 Å². The number of amides is 1. The zero-order chi connectivity index (χ0) is 16.4. The van der Waals surface area contributed by atoms with Crippen LogP contribution in [0.25, 0.3) is 0 Å². The summed E-state index contributed by atoms with van der Waals surface area (Å²) >= 11 is 0. The number of hydrogen-bond acceptors (Lipinski definition) is 4. The number of aliphatic carboxylic acids is 1. The van der Waals surface area contributed by atoms with Crippen LogP contribution in [0.1, 0.15) is 24.5 Å². The summed E-state index contributed by atoms with van der Waals surface area (Å²) in [6.07, 6.45) is 0.501. The number of carbonyl (C=O) groups is 2. The van der Waals surface area contributed by atoms with Crippen molar-refractivity contribution in [1.29, 1.82) is 0 Å². The van der Waals surface area contributed by atoms with Gasteiger partial charge in [-0.2, -0.15) is 0 Å². The number of rotatable bonds is 3. The number of likely N-dealkylation sites (N-methyl/N-ethyl adjacent to an activating group) is 1. The molecule has 6 heteroatoms. The predicted molar refractivity (Wildman–Crippen MR) is 84.1 cm³/mol. The summed E-state index contributed by atoms with van der Waals surface area (Å²) < 4.78 is 5.56. The standard InChI is InChI=1S/C17H22N2O4/c1-2-18-11-14(9-15(18)16(20)21)23-17(22)19-8-7-12-5-3-4-6-13(12)10-19/h3-6,14-15H,2,7-11H2,1H3,(H,20,21)/t14-,15+/m0/s1. The topological polar surface area (TPSA) is 70.1 Å². The summed E-state index contributed by atoms with van der Waals surface area (Å²) in [6, 6.07) is 7.55. The number of fused-ring (bicyclic) bond motifs is 1. The smallest absolute Gasteiger partial charge is 0.410 e. The highest BCUT2D eigenvalue weighted by molar-refractivity contribution is 5.74. The molecule has 3 rings (SSSR count). The maximum Gasteiger partial charge on any atom is 0.410 e. The zero-order valence-electron chi connectivity index (χ0n) is 13.3. The minimum atomic E-state index is -0.850. The van der Waals surface area contributed by atoms with Crippen LogP contribution in [0.5, 0.6) is 0 Å². The second kappa shape index (κ2) is 6.58. The van der Waals surface area contributed by atoms with Crippen molar-refractivity contribution in [2.75, 3.05) is 19.6 Å². The van der Waals surface area contributed by atoms with Crippen molar-refractivity contribution in [1.82, 2.24) is 9.80 Å². The first-order chi connectivity index (χ1) is 11.1. The molecule has 1 aromatic carbocycles. The Balaban J connectivity index is 1.59.